The summed E-state index contributed by atoms with van der Waals surface area (Å²) in [5.74, 6) is -9.29. The lowest BCUT2D eigenvalue weighted by atomic mass is 9.84. The first-order valence-corrected chi connectivity index (χ1v) is 42.1. The summed E-state index contributed by atoms with van der Waals surface area (Å²) < 4.78 is 116. The SMILES string of the molecule is CC(=O)OCC1O[C@@H](Oc2cccc(-c3c4nc(c(-c5cccc(O[C@@H]6OC(COC(C)=O)[C@H](OC(C)=O)[C@H](C)C6OC(C)=O)c5)c5ccc([nH]5)c(-c5cccc(O[C@@H]6OC(COC(C)=O)[C@H](OC(C)=O)[C@H](C)C6OC(C)=O)c5)c5nc(c(-c6cccc(OC7O[C@H](COC(C)=O)C(OC(C)=O)[C@@H](C)[C@H]7C)c6)c6ccc3[nH]6)C=C5)C=C4)c2)C(OC(C)=O)[C@@H](C)[C@H]1OC(C)=O. The van der Waals surface area contributed by atoms with E-state index in [0.717, 1.165) is 0 Å². The molecule has 34 nitrogen and oxygen atoms in total. The van der Waals surface area contributed by atoms with Gasteiger partial charge in [0.15, 0.2) is 18.3 Å². The van der Waals surface area contributed by atoms with Gasteiger partial charge in [0.25, 0.3) is 0 Å². The van der Waals surface area contributed by atoms with E-state index in [0.29, 0.717) is 95.1 Å². The number of esters is 11. The van der Waals surface area contributed by atoms with Crippen LogP contribution in [0.1, 0.15) is 134 Å². The van der Waals surface area contributed by atoms with E-state index in [-0.39, 0.29) is 49.6 Å². The fraction of sp³-hybridized carbons (Fsp3) is 0.421. The summed E-state index contributed by atoms with van der Waals surface area (Å²) in [6.07, 6.45) is -9.56. The van der Waals surface area contributed by atoms with Gasteiger partial charge < -0.3 is 100.0 Å². The minimum absolute atomic E-state index is 0.187. The average Bonchev–Trinajstić information content (AvgIpc) is 1.66. The molecular formula is C95H102N4O30. The number of carbonyl (C=O) groups excluding carboxylic acids is 11. The molecule has 0 saturated carbocycles. The molecule has 4 saturated heterocycles. The molecule has 34 heteroatoms. The molecule has 20 atom stereocenters. The number of aromatic amines is 2. The van der Waals surface area contributed by atoms with E-state index in [1.807, 2.05) is 98.8 Å². The molecule has 4 fully saturated rings. The van der Waals surface area contributed by atoms with Crippen molar-refractivity contribution in [2.75, 3.05) is 26.4 Å². The lowest BCUT2D eigenvalue weighted by Gasteiger charge is -2.43. The van der Waals surface area contributed by atoms with Crippen LogP contribution in [0.25, 0.3) is 90.9 Å². The van der Waals surface area contributed by atoms with Crippen LogP contribution in [0.2, 0.25) is 0 Å². The van der Waals surface area contributed by atoms with Crippen LogP contribution in [0.3, 0.4) is 0 Å². The quantitative estimate of drug-likeness (QED) is 0.0357. The lowest BCUT2D eigenvalue weighted by molar-refractivity contribution is -0.271. The number of hydrogen-bond donors (Lipinski definition) is 2. The molecule has 8 unspecified atom stereocenters. The maximum atomic E-state index is 13.0. The molecule has 2 N–H and O–H groups in total. The van der Waals surface area contributed by atoms with Crippen molar-refractivity contribution in [1.29, 1.82) is 0 Å². The number of hydrogen-bond acceptors (Lipinski definition) is 32. The second-order valence-electron chi connectivity index (χ2n) is 32.3. The third-order valence-corrected chi connectivity index (χ3v) is 22.6. The van der Waals surface area contributed by atoms with Crippen molar-refractivity contribution < 1.29 is 143 Å². The molecule has 0 radical (unpaired) electrons. The van der Waals surface area contributed by atoms with Crippen molar-refractivity contribution >= 4 is 112 Å². The highest BCUT2D eigenvalue weighted by molar-refractivity contribution is 6.00. The Hall–Kier alpha value is -13.3. The zero-order valence-electron chi connectivity index (χ0n) is 73.9. The van der Waals surface area contributed by atoms with E-state index in [1.165, 1.54) is 76.2 Å². The molecule has 0 aliphatic carbocycles. The van der Waals surface area contributed by atoms with Crippen LogP contribution >= 0.6 is 0 Å². The van der Waals surface area contributed by atoms with E-state index in [1.54, 1.807) is 81.4 Å². The zero-order valence-corrected chi connectivity index (χ0v) is 73.9. The fourth-order valence-electron chi connectivity index (χ4n) is 16.7. The van der Waals surface area contributed by atoms with Crippen LogP contribution in [0.4, 0.5) is 0 Å². The number of carbonyl (C=O) groups is 11. The van der Waals surface area contributed by atoms with E-state index >= 15 is 0 Å². The van der Waals surface area contributed by atoms with E-state index in [4.69, 9.17) is 100.0 Å². The summed E-state index contributed by atoms with van der Waals surface area (Å²) in [4.78, 5) is 158. The van der Waals surface area contributed by atoms with Crippen molar-refractivity contribution in [2.45, 2.75) is 203 Å². The monoisotopic (exact) mass is 1780 g/mol. The third kappa shape index (κ3) is 22.5. The Bertz CT molecular complexity index is 5550. The molecule has 3 aromatic heterocycles. The van der Waals surface area contributed by atoms with Gasteiger partial charge in [0.2, 0.25) is 25.2 Å². The van der Waals surface area contributed by atoms with Gasteiger partial charge in [0.05, 0.1) is 22.8 Å². The number of ether oxygens (including phenoxy) is 19. The second kappa shape index (κ2) is 40.8. The summed E-state index contributed by atoms with van der Waals surface area (Å²) in [6, 6.07) is 35.7. The van der Waals surface area contributed by atoms with Gasteiger partial charge in [-0.1, -0.05) is 83.1 Å². The summed E-state index contributed by atoms with van der Waals surface area (Å²) >= 11 is 0. The van der Waals surface area contributed by atoms with Gasteiger partial charge in [0, 0.05) is 150 Å². The fourth-order valence-corrected chi connectivity index (χ4v) is 16.7. The Morgan fingerprint density at radius 1 is 0.271 bits per heavy atom. The van der Waals surface area contributed by atoms with Crippen LogP contribution in [-0.2, 0) is 124 Å². The van der Waals surface area contributed by atoms with Crippen LogP contribution in [0.15, 0.2) is 121 Å². The molecule has 0 amide bonds. The molecule has 0 spiro atoms. The van der Waals surface area contributed by atoms with E-state index in [9.17, 15) is 52.7 Å². The predicted octanol–water partition coefficient (Wildman–Crippen LogP) is 12.7. The molecule has 13 rings (SSSR count). The van der Waals surface area contributed by atoms with Crippen LogP contribution in [0.5, 0.6) is 23.0 Å². The second-order valence-corrected chi connectivity index (χ2v) is 32.3. The molecule has 7 aromatic rings. The van der Waals surface area contributed by atoms with Gasteiger partial charge in [-0.2, -0.15) is 0 Å². The van der Waals surface area contributed by atoms with E-state index in [2.05, 4.69) is 9.97 Å². The highest BCUT2D eigenvalue weighted by Crippen LogP contribution is 2.45. The maximum Gasteiger partial charge on any atom is 0.303 e. The number of aromatic nitrogens is 4. The number of H-pyrrole nitrogens is 2. The van der Waals surface area contributed by atoms with Gasteiger partial charge in [0.1, 0.15) is 98.3 Å². The molecule has 6 aliphatic rings. The van der Waals surface area contributed by atoms with Gasteiger partial charge in [-0.25, -0.2) is 9.97 Å². The number of fused-ring (bicyclic) bond motifs is 8. The minimum atomic E-state index is -1.39. The average molecular weight is 1780 g/mol. The summed E-state index contributed by atoms with van der Waals surface area (Å²) in [6.45, 7) is 21.1. The van der Waals surface area contributed by atoms with Crippen molar-refractivity contribution in [3.8, 4) is 67.5 Å². The minimum Gasteiger partial charge on any atom is -0.465 e. The number of nitrogens with one attached hydrogen (secondary N) is 2. The Balaban J connectivity index is 1.04. The summed E-state index contributed by atoms with van der Waals surface area (Å²) in [5.41, 5.74) is 7.63. The molecule has 9 heterocycles. The summed E-state index contributed by atoms with van der Waals surface area (Å²) in [7, 11) is 0. The first-order chi connectivity index (χ1) is 61.5. The highest BCUT2D eigenvalue weighted by Gasteiger charge is 2.53. The van der Waals surface area contributed by atoms with E-state index < -0.39 is 182 Å². The van der Waals surface area contributed by atoms with Crippen LogP contribution in [0, 0.1) is 29.6 Å². The summed E-state index contributed by atoms with van der Waals surface area (Å²) in [5, 5.41) is 0. The normalized spacial score (nSPS) is 25.6. The third-order valence-electron chi connectivity index (χ3n) is 22.6. The lowest BCUT2D eigenvalue weighted by Crippen LogP contribution is -2.58. The van der Waals surface area contributed by atoms with Gasteiger partial charge in [-0.3, -0.25) is 52.7 Å². The Kier molecular flexibility index (Phi) is 29.5. The van der Waals surface area contributed by atoms with Crippen molar-refractivity contribution in [3.63, 3.8) is 0 Å². The van der Waals surface area contributed by atoms with Crippen LogP contribution < -0.4 is 18.9 Å². The molecule has 682 valence electrons. The Labute approximate surface area is 742 Å². The molecular weight excluding hydrogens is 1680 g/mol. The van der Waals surface area contributed by atoms with Crippen molar-refractivity contribution in [2.24, 2.45) is 29.6 Å². The predicted molar refractivity (Wildman–Crippen MR) is 459 cm³/mol. The Morgan fingerprint density at radius 3 is 0.721 bits per heavy atom. The van der Waals surface area contributed by atoms with Crippen molar-refractivity contribution in [3.05, 3.63) is 144 Å². The molecule has 8 bridgehead atoms. The van der Waals surface area contributed by atoms with Gasteiger partial charge in [-0.05, 0) is 119 Å². The maximum absolute atomic E-state index is 13.0. The van der Waals surface area contributed by atoms with Crippen molar-refractivity contribution in [1.82, 2.24) is 19.9 Å². The number of rotatable bonds is 27. The van der Waals surface area contributed by atoms with Gasteiger partial charge in [-0.15, -0.1) is 0 Å². The number of nitrogens with zero attached hydrogens (tertiary/aromatic N) is 2. The zero-order chi connectivity index (χ0) is 92.5. The molecule has 6 aliphatic heterocycles. The van der Waals surface area contributed by atoms with Gasteiger partial charge >= 0.3 is 65.7 Å². The first kappa shape index (κ1) is 93.3. The molecule has 4 aromatic carbocycles. The number of benzene rings is 4. The first-order valence-electron chi connectivity index (χ1n) is 42.1. The standard InChI is InChI=1S/C95H102N4O30/c1-45-46(2)92(126-77(41-111-50(6)100)85(45)115-54(10)104)122-65-25-17-21-61(37-65)81-69-29-31-71(96-69)82(62-22-18-26-66(38-62)123-93-89(119-58(14)108)47(3)86(116-55(11)105)78(127-93)42-112-51(7)101)73-33-35-75(98-73)84(64-24-20-28-68(40-64)125-95-91(121-60(16)110)49(5)88(118-57(13)107)80(129-95)44-114-53(9)103)76-36-34-74(99-76)83(72-32-30-70(81)97-72)63-23-19-27-67(39-63)124-94-90(120-59(15)109)48(4)87(117-56(12)106)79(128-94)43-113-52(8)102/h17-40,45-49,77-80,85-96,99H,41-44H2,1-16H3/t45-,46+,47-,48-,49-,77+,78?,79?,80?,85?,86+,87+,88+,89?,90?,91?,92?,93+,94+,95+/m0/s1. The van der Waals surface area contributed by atoms with Crippen LogP contribution in [-0.4, -0.2) is 204 Å². The largest absolute Gasteiger partial charge is 0.465 e. The highest BCUT2D eigenvalue weighted by atomic mass is 16.8. The topological polar surface area (TPSA) is 421 Å². The Morgan fingerprint density at radius 2 is 0.488 bits per heavy atom. The smallest absolute Gasteiger partial charge is 0.303 e. The molecule has 129 heavy (non-hydrogen) atoms.